The van der Waals surface area contributed by atoms with E-state index in [0.717, 1.165) is 17.7 Å². The molecular formula is C17H16F3NO3. The summed E-state index contributed by atoms with van der Waals surface area (Å²) in [5, 5.41) is 2.57. The number of carbonyl (C=O) groups is 1. The molecule has 0 aliphatic carbocycles. The minimum absolute atomic E-state index is 0.342. The van der Waals surface area contributed by atoms with Crippen molar-refractivity contribution in [2.75, 3.05) is 5.32 Å². The van der Waals surface area contributed by atoms with Crippen LogP contribution in [-0.2, 0) is 4.79 Å². The van der Waals surface area contributed by atoms with Crippen LogP contribution in [0.2, 0.25) is 0 Å². The lowest BCUT2D eigenvalue weighted by atomic mass is 10.2. The number of rotatable bonds is 5. The number of benzene rings is 2. The summed E-state index contributed by atoms with van der Waals surface area (Å²) in [5.41, 5.74) is 1.34. The maximum Gasteiger partial charge on any atom is 0.573 e. The Bertz CT molecular complexity index is 699. The molecular weight excluding hydrogens is 323 g/mol. The van der Waals surface area contributed by atoms with Crippen LogP contribution in [-0.4, -0.2) is 18.4 Å². The number of hydrogen-bond acceptors (Lipinski definition) is 3. The lowest BCUT2D eigenvalue weighted by Crippen LogP contribution is -2.30. The SMILES string of the molecule is Cc1cccc(O[C@@H](C)C(=O)Nc2ccc(OC(F)(F)F)cc2)c1. The molecule has 1 amide bonds. The monoisotopic (exact) mass is 339 g/mol. The molecule has 4 nitrogen and oxygen atoms in total. The van der Waals surface area contributed by atoms with Gasteiger partial charge in [-0.25, -0.2) is 0 Å². The van der Waals surface area contributed by atoms with Gasteiger partial charge in [0, 0.05) is 5.69 Å². The number of amides is 1. The van der Waals surface area contributed by atoms with E-state index in [1.165, 1.54) is 12.1 Å². The van der Waals surface area contributed by atoms with Gasteiger partial charge in [-0.05, 0) is 55.8 Å². The van der Waals surface area contributed by atoms with Crippen molar-refractivity contribution in [2.45, 2.75) is 26.3 Å². The summed E-state index contributed by atoms with van der Waals surface area (Å²) in [6.45, 7) is 3.49. The topological polar surface area (TPSA) is 47.6 Å². The van der Waals surface area contributed by atoms with Crippen LogP contribution >= 0.6 is 0 Å². The van der Waals surface area contributed by atoms with Crippen molar-refractivity contribution >= 4 is 11.6 Å². The Morgan fingerprint density at radius 1 is 1.08 bits per heavy atom. The highest BCUT2D eigenvalue weighted by Gasteiger charge is 2.31. The number of hydrogen-bond donors (Lipinski definition) is 1. The largest absolute Gasteiger partial charge is 0.573 e. The van der Waals surface area contributed by atoms with Crippen LogP contribution in [0.15, 0.2) is 48.5 Å². The Labute approximate surface area is 137 Å². The van der Waals surface area contributed by atoms with Crippen molar-refractivity contribution in [2.24, 2.45) is 0 Å². The highest BCUT2D eigenvalue weighted by Crippen LogP contribution is 2.24. The van der Waals surface area contributed by atoms with Gasteiger partial charge in [0.15, 0.2) is 6.10 Å². The number of alkyl halides is 3. The molecule has 0 fully saturated rings. The molecule has 0 spiro atoms. The van der Waals surface area contributed by atoms with Crippen LogP contribution < -0.4 is 14.8 Å². The van der Waals surface area contributed by atoms with Gasteiger partial charge in [-0.15, -0.1) is 13.2 Å². The highest BCUT2D eigenvalue weighted by atomic mass is 19.4. The van der Waals surface area contributed by atoms with Gasteiger partial charge in [0.1, 0.15) is 11.5 Å². The summed E-state index contributed by atoms with van der Waals surface area (Å²) in [7, 11) is 0. The normalized spacial score (nSPS) is 12.4. The van der Waals surface area contributed by atoms with E-state index in [2.05, 4.69) is 10.1 Å². The molecule has 0 bridgehead atoms. The first-order chi connectivity index (χ1) is 11.2. The Morgan fingerprint density at radius 2 is 1.75 bits per heavy atom. The maximum atomic E-state index is 12.1. The van der Waals surface area contributed by atoms with Crippen LogP contribution in [0.4, 0.5) is 18.9 Å². The molecule has 0 heterocycles. The van der Waals surface area contributed by atoms with Crippen LogP contribution in [0.5, 0.6) is 11.5 Å². The summed E-state index contributed by atoms with van der Waals surface area (Å²) < 4.78 is 45.5. The zero-order valence-corrected chi connectivity index (χ0v) is 13.1. The van der Waals surface area contributed by atoms with Gasteiger partial charge in [0.25, 0.3) is 5.91 Å². The molecule has 0 aliphatic rings. The zero-order valence-electron chi connectivity index (χ0n) is 13.1. The second-order valence-electron chi connectivity index (χ2n) is 5.14. The Hall–Kier alpha value is -2.70. The van der Waals surface area contributed by atoms with Gasteiger partial charge in [-0.2, -0.15) is 0 Å². The number of aryl methyl sites for hydroxylation is 1. The molecule has 1 N–H and O–H groups in total. The smallest absolute Gasteiger partial charge is 0.481 e. The Balaban J connectivity index is 1.93. The number of halogens is 3. The van der Waals surface area contributed by atoms with Gasteiger partial charge in [-0.3, -0.25) is 4.79 Å². The summed E-state index contributed by atoms with van der Waals surface area (Å²) in [6.07, 6.45) is -5.51. The average molecular weight is 339 g/mol. The number of ether oxygens (including phenoxy) is 2. The average Bonchev–Trinajstić information content (AvgIpc) is 2.47. The number of anilines is 1. The first kappa shape index (κ1) is 17.7. The number of nitrogens with one attached hydrogen (secondary N) is 1. The molecule has 1 atom stereocenters. The van der Waals surface area contributed by atoms with Crippen molar-refractivity contribution in [1.29, 1.82) is 0 Å². The zero-order chi connectivity index (χ0) is 17.7. The molecule has 0 saturated carbocycles. The third-order valence-electron chi connectivity index (χ3n) is 3.03. The van der Waals surface area contributed by atoms with Crippen molar-refractivity contribution in [1.82, 2.24) is 0 Å². The first-order valence-corrected chi connectivity index (χ1v) is 7.13. The quantitative estimate of drug-likeness (QED) is 0.883. The van der Waals surface area contributed by atoms with E-state index in [1.807, 2.05) is 19.1 Å². The fourth-order valence-corrected chi connectivity index (χ4v) is 1.93. The van der Waals surface area contributed by atoms with Crippen molar-refractivity contribution in [3.05, 3.63) is 54.1 Å². The Morgan fingerprint density at radius 3 is 2.33 bits per heavy atom. The highest BCUT2D eigenvalue weighted by molar-refractivity contribution is 5.94. The van der Waals surface area contributed by atoms with Crippen molar-refractivity contribution in [3.8, 4) is 11.5 Å². The summed E-state index contributed by atoms with van der Waals surface area (Å²) in [6, 6.07) is 12.1. The predicted octanol–water partition coefficient (Wildman–Crippen LogP) is 4.30. The molecule has 0 radical (unpaired) electrons. The molecule has 0 saturated heterocycles. The van der Waals surface area contributed by atoms with Crippen LogP contribution in [0.3, 0.4) is 0 Å². The van der Waals surface area contributed by atoms with Gasteiger partial charge in [0.2, 0.25) is 0 Å². The van der Waals surface area contributed by atoms with E-state index in [-0.39, 0.29) is 5.75 Å². The molecule has 0 aliphatic heterocycles. The lowest BCUT2D eigenvalue weighted by Gasteiger charge is -2.15. The van der Waals surface area contributed by atoms with E-state index in [4.69, 9.17) is 4.74 Å². The molecule has 24 heavy (non-hydrogen) atoms. The standard InChI is InChI=1S/C17H16F3NO3/c1-11-4-3-5-15(10-11)23-12(2)16(22)21-13-6-8-14(9-7-13)24-17(18,19)20/h3-10,12H,1-2H3,(H,21,22)/t12-/m0/s1. The molecule has 2 rings (SSSR count). The second-order valence-corrected chi connectivity index (χ2v) is 5.14. The third-order valence-corrected chi connectivity index (χ3v) is 3.03. The second kappa shape index (κ2) is 7.25. The van der Waals surface area contributed by atoms with Gasteiger partial charge in [-0.1, -0.05) is 12.1 Å². The fourth-order valence-electron chi connectivity index (χ4n) is 1.93. The van der Waals surface area contributed by atoms with Gasteiger partial charge in [0.05, 0.1) is 0 Å². The fraction of sp³-hybridized carbons (Fsp3) is 0.235. The van der Waals surface area contributed by atoms with Crippen LogP contribution in [0.25, 0.3) is 0 Å². The van der Waals surface area contributed by atoms with Crippen LogP contribution in [0.1, 0.15) is 12.5 Å². The van der Waals surface area contributed by atoms with E-state index >= 15 is 0 Å². The van der Waals surface area contributed by atoms with Gasteiger partial charge < -0.3 is 14.8 Å². The van der Waals surface area contributed by atoms with Crippen molar-refractivity contribution in [3.63, 3.8) is 0 Å². The van der Waals surface area contributed by atoms with E-state index in [0.29, 0.717) is 11.4 Å². The maximum absolute atomic E-state index is 12.1. The summed E-state index contributed by atoms with van der Waals surface area (Å²) in [4.78, 5) is 12.1. The first-order valence-electron chi connectivity index (χ1n) is 7.13. The molecule has 128 valence electrons. The van der Waals surface area contributed by atoms with E-state index in [9.17, 15) is 18.0 Å². The lowest BCUT2D eigenvalue weighted by molar-refractivity contribution is -0.274. The summed E-state index contributed by atoms with van der Waals surface area (Å²) in [5.74, 6) is -0.211. The van der Waals surface area contributed by atoms with E-state index < -0.39 is 18.4 Å². The molecule has 2 aromatic carbocycles. The Kier molecular flexibility index (Phi) is 5.33. The minimum Gasteiger partial charge on any atom is -0.481 e. The van der Waals surface area contributed by atoms with E-state index in [1.54, 1.807) is 19.1 Å². The third kappa shape index (κ3) is 5.49. The number of carbonyl (C=O) groups excluding carboxylic acids is 1. The van der Waals surface area contributed by atoms with Crippen LogP contribution in [0, 0.1) is 6.92 Å². The molecule has 0 aromatic heterocycles. The van der Waals surface area contributed by atoms with Crippen molar-refractivity contribution < 1.29 is 27.4 Å². The molecule has 2 aromatic rings. The van der Waals surface area contributed by atoms with Gasteiger partial charge >= 0.3 is 6.36 Å². The summed E-state index contributed by atoms with van der Waals surface area (Å²) >= 11 is 0. The predicted molar refractivity (Wildman–Crippen MR) is 83.0 cm³/mol. The minimum atomic E-state index is -4.75. The molecule has 0 unspecified atom stereocenters. The molecule has 7 heteroatoms.